The predicted molar refractivity (Wildman–Crippen MR) is 51.2 cm³/mol. The monoisotopic (exact) mass is 261 g/mol. The number of hydrogen-bond donors (Lipinski definition) is 1. The Morgan fingerprint density at radius 3 is 2.25 bits per heavy atom. The third kappa shape index (κ3) is 4.32. The second kappa shape index (κ2) is 5.45. The summed E-state index contributed by atoms with van der Waals surface area (Å²) in [5, 5.41) is 0. The standard InChI is InChI=1S/C9H8F5N.ClH/c10-5-1-2-7(11)6(3-5)8(15)4-9(12,13)14;/h1-3,8H,4,15H2;1H/t8-;/m1./s1. The van der Waals surface area contributed by atoms with Crippen molar-refractivity contribution in [3.05, 3.63) is 35.4 Å². The number of hydrogen-bond acceptors (Lipinski definition) is 1. The fourth-order valence-electron chi connectivity index (χ4n) is 1.16. The maximum atomic E-state index is 13.0. The zero-order valence-corrected chi connectivity index (χ0v) is 8.71. The van der Waals surface area contributed by atoms with Gasteiger partial charge in [0.1, 0.15) is 11.6 Å². The molecule has 1 atom stereocenters. The summed E-state index contributed by atoms with van der Waals surface area (Å²) in [5.74, 6) is -1.75. The van der Waals surface area contributed by atoms with E-state index in [2.05, 4.69) is 0 Å². The Balaban J connectivity index is 0.00000225. The zero-order valence-electron chi connectivity index (χ0n) is 7.89. The van der Waals surface area contributed by atoms with Crippen LogP contribution in [0.5, 0.6) is 0 Å². The SMILES string of the molecule is Cl.N[C@H](CC(F)(F)F)c1cc(F)ccc1F. The molecule has 92 valence electrons. The van der Waals surface area contributed by atoms with Crippen molar-refractivity contribution in [3.8, 4) is 0 Å². The summed E-state index contributed by atoms with van der Waals surface area (Å²) >= 11 is 0. The molecule has 1 nitrogen and oxygen atoms in total. The van der Waals surface area contributed by atoms with Crippen molar-refractivity contribution in [2.75, 3.05) is 0 Å². The molecule has 2 N–H and O–H groups in total. The lowest BCUT2D eigenvalue weighted by Crippen LogP contribution is -2.21. The van der Waals surface area contributed by atoms with Crippen molar-refractivity contribution in [1.29, 1.82) is 0 Å². The Bertz CT molecular complexity index is 352. The van der Waals surface area contributed by atoms with Gasteiger partial charge in [0.25, 0.3) is 0 Å². The van der Waals surface area contributed by atoms with Crippen LogP contribution in [-0.4, -0.2) is 6.18 Å². The molecule has 0 fully saturated rings. The molecule has 0 spiro atoms. The van der Waals surface area contributed by atoms with Crippen LogP contribution in [0, 0.1) is 11.6 Å². The van der Waals surface area contributed by atoms with Gasteiger partial charge in [-0.1, -0.05) is 0 Å². The first-order valence-corrected chi connectivity index (χ1v) is 4.07. The molecule has 0 aliphatic carbocycles. The molecule has 0 aliphatic rings. The van der Waals surface area contributed by atoms with Crippen LogP contribution in [0.2, 0.25) is 0 Å². The summed E-state index contributed by atoms with van der Waals surface area (Å²) < 4.78 is 61.4. The molecule has 0 aromatic heterocycles. The number of halogens is 6. The second-order valence-electron chi connectivity index (χ2n) is 3.09. The fraction of sp³-hybridized carbons (Fsp3) is 0.333. The predicted octanol–water partition coefficient (Wildman–Crippen LogP) is 3.34. The Morgan fingerprint density at radius 2 is 1.75 bits per heavy atom. The smallest absolute Gasteiger partial charge is 0.324 e. The van der Waals surface area contributed by atoms with E-state index in [0.717, 1.165) is 12.1 Å². The Kier molecular flexibility index (Phi) is 5.15. The fourth-order valence-corrected chi connectivity index (χ4v) is 1.16. The van der Waals surface area contributed by atoms with Crippen LogP contribution in [0.25, 0.3) is 0 Å². The first kappa shape index (κ1) is 15.1. The van der Waals surface area contributed by atoms with E-state index in [0.29, 0.717) is 6.07 Å². The van der Waals surface area contributed by atoms with Crippen LogP contribution in [0.3, 0.4) is 0 Å². The van der Waals surface area contributed by atoms with Gasteiger partial charge in [-0.2, -0.15) is 13.2 Å². The van der Waals surface area contributed by atoms with Gasteiger partial charge in [-0.05, 0) is 18.2 Å². The van der Waals surface area contributed by atoms with Crippen LogP contribution in [0.4, 0.5) is 22.0 Å². The minimum Gasteiger partial charge on any atom is -0.324 e. The largest absolute Gasteiger partial charge is 0.390 e. The van der Waals surface area contributed by atoms with Gasteiger partial charge in [0.05, 0.1) is 6.42 Å². The highest BCUT2D eigenvalue weighted by Crippen LogP contribution is 2.29. The van der Waals surface area contributed by atoms with E-state index in [9.17, 15) is 22.0 Å². The number of alkyl halides is 3. The molecule has 0 radical (unpaired) electrons. The molecule has 7 heteroatoms. The molecule has 0 saturated carbocycles. The molecule has 0 bridgehead atoms. The molecule has 16 heavy (non-hydrogen) atoms. The zero-order chi connectivity index (χ0) is 11.6. The van der Waals surface area contributed by atoms with E-state index in [-0.39, 0.29) is 12.4 Å². The van der Waals surface area contributed by atoms with Gasteiger partial charge in [-0.15, -0.1) is 12.4 Å². The van der Waals surface area contributed by atoms with Gasteiger partial charge in [-0.3, -0.25) is 0 Å². The van der Waals surface area contributed by atoms with E-state index in [1.54, 1.807) is 0 Å². The van der Waals surface area contributed by atoms with Gasteiger partial charge in [-0.25, -0.2) is 8.78 Å². The lowest BCUT2D eigenvalue weighted by molar-refractivity contribution is -0.138. The van der Waals surface area contributed by atoms with E-state index in [1.807, 2.05) is 0 Å². The molecule has 1 aromatic rings. The highest BCUT2D eigenvalue weighted by atomic mass is 35.5. The topological polar surface area (TPSA) is 26.0 Å². The summed E-state index contributed by atoms with van der Waals surface area (Å²) in [7, 11) is 0. The van der Waals surface area contributed by atoms with Gasteiger partial charge >= 0.3 is 6.18 Å². The Labute approximate surface area is 94.8 Å². The number of nitrogens with two attached hydrogens (primary N) is 1. The van der Waals surface area contributed by atoms with Crippen molar-refractivity contribution < 1.29 is 22.0 Å². The third-order valence-corrected chi connectivity index (χ3v) is 1.81. The van der Waals surface area contributed by atoms with Gasteiger partial charge in [0, 0.05) is 11.6 Å². The molecule has 1 rings (SSSR count). The van der Waals surface area contributed by atoms with Gasteiger partial charge in [0.2, 0.25) is 0 Å². The van der Waals surface area contributed by atoms with Crippen molar-refractivity contribution in [3.63, 3.8) is 0 Å². The molecule has 1 aromatic carbocycles. The average Bonchev–Trinajstić information content (AvgIpc) is 2.06. The van der Waals surface area contributed by atoms with Crippen LogP contribution in [0.1, 0.15) is 18.0 Å². The maximum absolute atomic E-state index is 13.0. The van der Waals surface area contributed by atoms with Crippen molar-refractivity contribution in [2.24, 2.45) is 5.73 Å². The first-order valence-electron chi connectivity index (χ1n) is 4.07. The van der Waals surface area contributed by atoms with Crippen LogP contribution in [-0.2, 0) is 0 Å². The summed E-state index contributed by atoms with van der Waals surface area (Å²) in [6, 6.07) is 0.659. The normalized spacial score (nSPS) is 13.1. The van der Waals surface area contributed by atoms with Crippen LogP contribution < -0.4 is 5.73 Å². The summed E-state index contributed by atoms with van der Waals surface area (Å²) in [4.78, 5) is 0. The lowest BCUT2D eigenvalue weighted by atomic mass is 10.0. The maximum Gasteiger partial charge on any atom is 0.390 e. The van der Waals surface area contributed by atoms with E-state index in [1.165, 1.54) is 0 Å². The summed E-state index contributed by atoms with van der Waals surface area (Å²) in [6.07, 6.45) is -5.88. The Morgan fingerprint density at radius 1 is 1.19 bits per heavy atom. The minimum absolute atomic E-state index is 0. The molecule has 0 unspecified atom stereocenters. The van der Waals surface area contributed by atoms with E-state index in [4.69, 9.17) is 5.73 Å². The minimum atomic E-state index is -4.50. The summed E-state index contributed by atoms with van der Waals surface area (Å²) in [5.41, 5.74) is 4.66. The third-order valence-electron chi connectivity index (χ3n) is 1.81. The molecule has 0 amide bonds. The van der Waals surface area contributed by atoms with Crippen molar-refractivity contribution in [1.82, 2.24) is 0 Å². The molecular weight excluding hydrogens is 253 g/mol. The van der Waals surface area contributed by atoms with Crippen LogP contribution >= 0.6 is 12.4 Å². The van der Waals surface area contributed by atoms with E-state index >= 15 is 0 Å². The van der Waals surface area contributed by atoms with E-state index < -0.39 is 35.8 Å². The quantitative estimate of drug-likeness (QED) is 0.812. The first-order chi connectivity index (χ1) is 6.79. The van der Waals surface area contributed by atoms with Gasteiger partial charge in [0.15, 0.2) is 0 Å². The number of rotatable bonds is 2. The highest BCUT2D eigenvalue weighted by molar-refractivity contribution is 5.85. The molecular formula is C9H9ClF5N. The average molecular weight is 262 g/mol. The van der Waals surface area contributed by atoms with Crippen LogP contribution in [0.15, 0.2) is 18.2 Å². The summed E-state index contributed by atoms with van der Waals surface area (Å²) in [6.45, 7) is 0. The highest BCUT2D eigenvalue weighted by Gasteiger charge is 2.31. The molecule has 0 aliphatic heterocycles. The molecule has 0 saturated heterocycles. The lowest BCUT2D eigenvalue weighted by Gasteiger charge is -2.14. The number of benzene rings is 1. The van der Waals surface area contributed by atoms with Crippen molar-refractivity contribution in [2.45, 2.75) is 18.6 Å². The van der Waals surface area contributed by atoms with Crippen molar-refractivity contribution >= 4 is 12.4 Å². The second-order valence-corrected chi connectivity index (χ2v) is 3.09. The van der Waals surface area contributed by atoms with Gasteiger partial charge < -0.3 is 5.73 Å². The molecule has 0 heterocycles. The Hall–Kier alpha value is -0.880.